The maximum absolute atomic E-state index is 13.1. The molecule has 0 saturated heterocycles. The largest absolute Gasteiger partial charge is 0.491 e. The summed E-state index contributed by atoms with van der Waals surface area (Å²) in [4.78, 5) is 46.1. The third-order valence-corrected chi connectivity index (χ3v) is 9.11. The van der Waals surface area contributed by atoms with Gasteiger partial charge in [0.05, 0.1) is 42.9 Å². The fourth-order valence-electron chi connectivity index (χ4n) is 6.04. The molecular formula is C41H32ClF3N6O4. The summed E-state index contributed by atoms with van der Waals surface area (Å²) in [6.45, 7) is 2.22. The smallest absolute Gasteiger partial charge is 0.416 e. The lowest BCUT2D eigenvalue weighted by molar-refractivity contribution is -0.137. The molecule has 278 valence electrons. The van der Waals surface area contributed by atoms with E-state index in [0.29, 0.717) is 83.3 Å². The molecule has 55 heavy (non-hydrogen) atoms. The van der Waals surface area contributed by atoms with Crippen LogP contribution in [-0.2, 0) is 19.3 Å². The Labute approximate surface area is 319 Å². The maximum atomic E-state index is 13.1. The summed E-state index contributed by atoms with van der Waals surface area (Å²) < 4.78 is 49.8. The number of aromatic nitrogens is 4. The number of carbonyl (C=O) groups is 2. The lowest BCUT2D eigenvalue weighted by Crippen LogP contribution is -2.32. The van der Waals surface area contributed by atoms with E-state index in [4.69, 9.17) is 21.1 Å². The van der Waals surface area contributed by atoms with Crippen molar-refractivity contribution in [1.29, 1.82) is 0 Å². The number of fused-ring (bicyclic) bond motifs is 2. The van der Waals surface area contributed by atoms with E-state index in [1.54, 1.807) is 64.9 Å². The van der Waals surface area contributed by atoms with E-state index >= 15 is 0 Å². The van der Waals surface area contributed by atoms with Crippen LogP contribution in [0.2, 0.25) is 5.02 Å². The summed E-state index contributed by atoms with van der Waals surface area (Å²) in [6.07, 6.45) is 2.17. The molecule has 0 N–H and O–H groups in total. The summed E-state index contributed by atoms with van der Waals surface area (Å²) in [5, 5.41) is 0.678. The Morgan fingerprint density at radius 3 is 1.40 bits per heavy atom. The van der Waals surface area contributed by atoms with Gasteiger partial charge in [0.2, 0.25) is 0 Å². The second kappa shape index (κ2) is 16.4. The molecule has 0 radical (unpaired) electrons. The predicted molar refractivity (Wildman–Crippen MR) is 198 cm³/mol. The van der Waals surface area contributed by atoms with Gasteiger partial charge < -0.3 is 19.3 Å². The Bertz CT molecular complexity index is 2280. The van der Waals surface area contributed by atoms with Crippen molar-refractivity contribution in [2.45, 2.75) is 19.3 Å². The number of benzene rings is 4. The highest BCUT2D eigenvalue weighted by atomic mass is 35.5. The molecule has 8 rings (SSSR count). The minimum atomic E-state index is -4.39. The zero-order valence-corrected chi connectivity index (χ0v) is 29.9. The minimum Gasteiger partial charge on any atom is -0.491 e. The average molecular weight is 765 g/mol. The van der Waals surface area contributed by atoms with Crippen molar-refractivity contribution in [3.8, 4) is 33.8 Å². The lowest BCUT2D eigenvalue weighted by Gasteiger charge is -2.19. The maximum Gasteiger partial charge on any atom is 0.416 e. The Kier molecular flexibility index (Phi) is 11.0. The van der Waals surface area contributed by atoms with Crippen LogP contribution in [-0.4, -0.2) is 67.9 Å². The highest BCUT2D eigenvalue weighted by Crippen LogP contribution is 2.34. The van der Waals surface area contributed by atoms with Crippen LogP contribution in [0.1, 0.15) is 37.9 Å². The number of carbonyl (C=O) groups excluding carboxylic acids is 2. The number of alkyl halides is 3. The van der Waals surface area contributed by atoms with Gasteiger partial charge in [-0.25, -0.2) is 19.9 Å². The number of halogens is 4. The highest BCUT2D eigenvalue weighted by molar-refractivity contribution is 6.30. The standard InChI is InChI=1S/C21H16F3N3O2.C20H16ClN3O2/c22-21(23,24)16-5-2-14(3-6-16)15-4-7-18-17(12-15)20(28)27(10-11-29-18)13-19-25-8-1-9-26-19;21-16-5-2-14(3-6-16)15-4-7-18-17(12-15)20(25)24(10-11-26-18)13-19-22-8-1-9-23-19/h1-9,12H,10-11,13H2;1-9,12H,10-11,13H2. The molecule has 10 nitrogen and oxygen atoms in total. The molecule has 2 aliphatic rings. The van der Waals surface area contributed by atoms with Gasteiger partial charge >= 0.3 is 6.18 Å². The molecule has 4 aromatic carbocycles. The predicted octanol–water partition coefficient (Wildman–Crippen LogP) is 8.03. The second-order valence-corrected chi connectivity index (χ2v) is 12.9. The number of hydrogen-bond acceptors (Lipinski definition) is 8. The zero-order chi connectivity index (χ0) is 38.4. The normalized spacial score (nSPS) is 14.0. The number of ether oxygens (including phenoxy) is 2. The summed E-state index contributed by atoms with van der Waals surface area (Å²) in [5.41, 5.74) is 3.33. The third-order valence-electron chi connectivity index (χ3n) is 8.86. The number of amides is 2. The highest BCUT2D eigenvalue weighted by Gasteiger charge is 2.30. The van der Waals surface area contributed by atoms with Gasteiger partial charge in [0.25, 0.3) is 11.8 Å². The molecule has 0 atom stereocenters. The number of rotatable bonds is 6. The van der Waals surface area contributed by atoms with Crippen molar-refractivity contribution < 1.29 is 32.2 Å². The first kappa shape index (κ1) is 37.0. The van der Waals surface area contributed by atoms with E-state index in [2.05, 4.69) is 19.9 Å². The Hall–Kier alpha value is -6.34. The molecule has 2 aliphatic heterocycles. The monoisotopic (exact) mass is 764 g/mol. The van der Waals surface area contributed by atoms with Crippen molar-refractivity contribution in [1.82, 2.24) is 29.7 Å². The number of nitrogens with zero attached hydrogens (tertiary/aromatic N) is 6. The Morgan fingerprint density at radius 1 is 0.582 bits per heavy atom. The van der Waals surface area contributed by atoms with Gasteiger partial charge in [-0.3, -0.25) is 9.59 Å². The van der Waals surface area contributed by atoms with Gasteiger partial charge in [-0.2, -0.15) is 13.2 Å². The van der Waals surface area contributed by atoms with Crippen molar-refractivity contribution >= 4 is 23.4 Å². The molecule has 14 heteroatoms. The second-order valence-electron chi connectivity index (χ2n) is 12.5. The first-order valence-corrected chi connectivity index (χ1v) is 17.6. The summed E-state index contributed by atoms with van der Waals surface area (Å²) in [6, 6.07) is 26.5. The summed E-state index contributed by atoms with van der Waals surface area (Å²) in [5.74, 6) is 1.85. The van der Waals surface area contributed by atoms with Crippen molar-refractivity contribution in [2.24, 2.45) is 0 Å². The first-order chi connectivity index (χ1) is 26.6. The van der Waals surface area contributed by atoms with Gasteiger partial charge in [0.15, 0.2) is 0 Å². The van der Waals surface area contributed by atoms with Gasteiger partial charge in [-0.1, -0.05) is 48.0 Å². The van der Waals surface area contributed by atoms with E-state index in [1.807, 2.05) is 42.5 Å². The van der Waals surface area contributed by atoms with Gasteiger partial charge in [0, 0.05) is 29.8 Å². The van der Waals surface area contributed by atoms with Crippen molar-refractivity contribution in [3.63, 3.8) is 0 Å². The van der Waals surface area contributed by atoms with Gasteiger partial charge in [-0.05, 0) is 82.9 Å². The zero-order valence-electron chi connectivity index (χ0n) is 29.1. The fraction of sp³-hybridized carbons (Fsp3) is 0.171. The average Bonchev–Trinajstić information content (AvgIpc) is 3.45. The quantitative estimate of drug-likeness (QED) is 0.168. The number of hydrogen-bond donors (Lipinski definition) is 0. The Balaban J connectivity index is 0.000000170. The molecule has 2 aromatic heterocycles. The SMILES string of the molecule is O=C1c2cc(-c3ccc(C(F)(F)F)cc3)ccc2OCCN1Cc1ncccn1.O=C1c2cc(-c3ccc(Cl)cc3)ccc2OCCN1Cc1ncccn1. The molecule has 6 aromatic rings. The van der Waals surface area contributed by atoms with Crippen LogP contribution in [0.3, 0.4) is 0 Å². The minimum absolute atomic E-state index is 0.0826. The van der Waals surface area contributed by atoms with E-state index < -0.39 is 11.7 Å². The van der Waals surface area contributed by atoms with Gasteiger partial charge in [-0.15, -0.1) is 0 Å². The van der Waals surface area contributed by atoms with Crippen molar-refractivity contribution in [3.05, 3.63) is 155 Å². The van der Waals surface area contributed by atoms with E-state index in [-0.39, 0.29) is 18.4 Å². The van der Waals surface area contributed by atoms with Crippen LogP contribution in [0.15, 0.2) is 122 Å². The van der Waals surface area contributed by atoms with Crippen LogP contribution in [0.25, 0.3) is 22.3 Å². The summed E-state index contributed by atoms with van der Waals surface area (Å²) >= 11 is 5.96. The summed E-state index contributed by atoms with van der Waals surface area (Å²) in [7, 11) is 0. The molecule has 2 amide bonds. The molecule has 0 fully saturated rings. The van der Waals surface area contributed by atoms with Crippen LogP contribution >= 0.6 is 11.6 Å². The van der Waals surface area contributed by atoms with Crippen LogP contribution in [0.4, 0.5) is 13.2 Å². The van der Waals surface area contributed by atoms with Crippen LogP contribution in [0.5, 0.6) is 11.5 Å². The molecule has 4 heterocycles. The molecule has 0 saturated carbocycles. The third kappa shape index (κ3) is 8.90. The van der Waals surface area contributed by atoms with Crippen LogP contribution < -0.4 is 9.47 Å². The van der Waals surface area contributed by atoms with Crippen LogP contribution in [0, 0.1) is 0 Å². The Morgan fingerprint density at radius 2 is 0.982 bits per heavy atom. The molecule has 0 bridgehead atoms. The van der Waals surface area contributed by atoms with Crippen molar-refractivity contribution in [2.75, 3.05) is 26.3 Å². The molecule has 0 unspecified atom stereocenters. The lowest BCUT2D eigenvalue weighted by atomic mass is 10.0. The van der Waals surface area contributed by atoms with E-state index in [0.717, 1.165) is 23.3 Å². The van der Waals surface area contributed by atoms with E-state index in [1.165, 1.54) is 12.1 Å². The fourth-order valence-corrected chi connectivity index (χ4v) is 6.17. The molecule has 0 aliphatic carbocycles. The molecular weight excluding hydrogens is 733 g/mol. The van der Waals surface area contributed by atoms with Gasteiger partial charge in [0.1, 0.15) is 36.4 Å². The first-order valence-electron chi connectivity index (χ1n) is 17.2. The topological polar surface area (TPSA) is 111 Å². The molecule has 0 spiro atoms. The van der Waals surface area contributed by atoms with E-state index in [9.17, 15) is 22.8 Å².